The van der Waals surface area contributed by atoms with Crippen LogP contribution < -0.4 is 4.72 Å². The number of nitrogens with one attached hydrogen (secondary N) is 1. The van der Waals surface area contributed by atoms with Crippen molar-refractivity contribution in [2.24, 2.45) is 0 Å². The minimum absolute atomic E-state index is 0.0892. The molecule has 1 aromatic heterocycles. The van der Waals surface area contributed by atoms with E-state index < -0.39 is 16.0 Å². The SMILES string of the molecule is O=C(O)c1ccc(S(=O)(=O)Nc2ccsc2)cc1Cl. The highest BCUT2D eigenvalue weighted by Gasteiger charge is 2.17. The van der Waals surface area contributed by atoms with Gasteiger partial charge in [0.2, 0.25) is 0 Å². The van der Waals surface area contributed by atoms with Gasteiger partial charge in [-0.15, -0.1) is 0 Å². The molecule has 0 spiro atoms. The zero-order chi connectivity index (χ0) is 14.0. The fourth-order valence-corrected chi connectivity index (χ4v) is 3.44. The molecule has 1 aromatic carbocycles. The van der Waals surface area contributed by atoms with Gasteiger partial charge in [-0.2, -0.15) is 11.3 Å². The zero-order valence-electron chi connectivity index (χ0n) is 9.33. The Morgan fingerprint density at radius 2 is 2.05 bits per heavy atom. The lowest BCUT2D eigenvalue weighted by Gasteiger charge is -2.07. The molecule has 0 fully saturated rings. The largest absolute Gasteiger partial charge is 0.478 e. The number of halogens is 1. The van der Waals surface area contributed by atoms with Crippen molar-refractivity contribution in [3.63, 3.8) is 0 Å². The van der Waals surface area contributed by atoms with Gasteiger partial charge in [-0.1, -0.05) is 11.6 Å². The summed E-state index contributed by atoms with van der Waals surface area (Å²) >= 11 is 7.10. The van der Waals surface area contributed by atoms with Crippen LogP contribution in [0.3, 0.4) is 0 Å². The number of benzene rings is 1. The number of carboxylic acid groups (broad SMARTS) is 1. The van der Waals surface area contributed by atoms with Crippen LogP contribution in [0.1, 0.15) is 10.4 Å². The fourth-order valence-electron chi connectivity index (χ4n) is 1.37. The Kier molecular flexibility index (Phi) is 3.79. The second-order valence-corrected chi connectivity index (χ2v) is 6.43. The van der Waals surface area contributed by atoms with E-state index in [0.717, 1.165) is 12.1 Å². The third-order valence-electron chi connectivity index (χ3n) is 2.25. The number of aromatic carboxylic acids is 1. The molecule has 0 saturated heterocycles. The molecule has 5 nitrogen and oxygen atoms in total. The van der Waals surface area contributed by atoms with E-state index in [4.69, 9.17) is 16.7 Å². The first-order chi connectivity index (χ1) is 8.90. The minimum atomic E-state index is -3.77. The van der Waals surface area contributed by atoms with Crippen LogP contribution in [0.5, 0.6) is 0 Å². The van der Waals surface area contributed by atoms with E-state index >= 15 is 0 Å². The molecule has 2 aromatic rings. The van der Waals surface area contributed by atoms with E-state index in [-0.39, 0.29) is 15.5 Å². The molecule has 0 amide bonds. The Hall–Kier alpha value is -1.57. The first kappa shape index (κ1) is 13.9. The quantitative estimate of drug-likeness (QED) is 0.908. The van der Waals surface area contributed by atoms with E-state index in [2.05, 4.69) is 4.72 Å². The topological polar surface area (TPSA) is 83.5 Å². The lowest BCUT2D eigenvalue weighted by Crippen LogP contribution is -2.13. The van der Waals surface area contributed by atoms with Gasteiger partial charge >= 0.3 is 5.97 Å². The van der Waals surface area contributed by atoms with Gasteiger partial charge in [-0.05, 0) is 29.6 Å². The van der Waals surface area contributed by atoms with Crippen LogP contribution in [-0.2, 0) is 10.0 Å². The first-order valence-corrected chi connectivity index (χ1v) is 7.78. The summed E-state index contributed by atoms with van der Waals surface area (Å²) in [6.07, 6.45) is 0. The summed E-state index contributed by atoms with van der Waals surface area (Å²) in [5, 5.41) is 12.1. The first-order valence-electron chi connectivity index (χ1n) is 4.98. The second kappa shape index (κ2) is 5.20. The van der Waals surface area contributed by atoms with Crippen molar-refractivity contribution >= 4 is 44.6 Å². The van der Waals surface area contributed by atoms with E-state index in [1.54, 1.807) is 16.8 Å². The van der Waals surface area contributed by atoms with E-state index in [0.29, 0.717) is 5.69 Å². The monoisotopic (exact) mass is 317 g/mol. The van der Waals surface area contributed by atoms with Crippen molar-refractivity contribution in [2.45, 2.75) is 4.90 Å². The van der Waals surface area contributed by atoms with Crippen molar-refractivity contribution in [3.05, 3.63) is 45.6 Å². The third kappa shape index (κ3) is 3.06. The average molecular weight is 318 g/mol. The lowest BCUT2D eigenvalue weighted by molar-refractivity contribution is 0.0697. The number of sulfonamides is 1. The van der Waals surface area contributed by atoms with Crippen LogP contribution in [0.4, 0.5) is 5.69 Å². The summed E-state index contributed by atoms with van der Waals surface area (Å²) in [6, 6.07) is 5.09. The summed E-state index contributed by atoms with van der Waals surface area (Å²) in [7, 11) is -3.77. The Balaban J connectivity index is 2.36. The molecule has 0 aliphatic heterocycles. The number of rotatable bonds is 4. The van der Waals surface area contributed by atoms with Crippen LogP contribution in [0.2, 0.25) is 5.02 Å². The molecule has 2 N–H and O–H groups in total. The van der Waals surface area contributed by atoms with Gasteiger partial charge < -0.3 is 5.11 Å². The molecule has 0 atom stereocenters. The summed E-state index contributed by atoms with van der Waals surface area (Å²) < 4.78 is 26.4. The predicted octanol–water partition coefficient (Wildman–Crippen LogP) is 2.90. The second-order valence-electron chi connectivity index (χ2n) is 3.56. The van der Waals surface area contributed by atoms with Crippen molar-refractivity contribution < 1.29 is 18.3 Å². The van der Waals surface area contributed by atoms with E-state index in [1.165, 1.54) is 17.4 Å². The van der Waals surface area contributed by atoms with Crippen molar-refractivity contribution in [1.29, 1.82) is 0 Å². The maximum Gasteiger partial charge on any atom is 0.337 e. The maximum atomic E-state index is 12.0. The van der Waals surface area contributed by atoms with Gasteiger partial charge in [0.05, 0.1) is 21.2 Å². The molecule has 0 radical (unpaired) electrons. The molecule has 2 rings (SSSR count). The van der Waals surface area contributed by atoms with Gasteiger partial charge in [0.25, 0.3) is 10.0 Å². The van der Waals surface area contributed by atoms with Gasteiger partial charge in [0.1, 0.15) is 0 Å². The average Bonchev–Trinajstić information content (AvgIpc) is 2.80. The van der Waals surface area contributed by atoms with E-state index in [1.807, 2.05) is 0 Å². The smallest absolute Gasteiger partial charge is 0.337 e. The molecule has 0 aliphatic carbocycles. The molecule has 1 heterocycles. The van der Waals surface area contributed by atoms with Gasteiger partial charge in [0.15, 0.2) is 0 Å². The van der Waals surface area contributed by atoms with Crippen LogP contribution >= 0.6 is 22.9 Å². The van der Waals surface area contributed by atoms with E-state index in [9.17, 15) is 13.2 Å². The highest BCUT2D eigenvalue weighted by atomic mass is 35.5. The van der Waals surface area contributed by atoms with Crippen LogP contribution in [-0.4, -0.2) is 19.5 Å². The number of carboxylic acids is 1. The normalized spacial score (nSPS) is 11.2. The molecule has 0 aliphatic rings. The molecule has 100 valence electrons. The maximum absolute atomic E-state index is 12.0. The van der Waals surface area contributed by atoms with Crippen molar-refractivity contribution in [3.8, 4) is 0 Å². The van der Waals surface area contributed by atoms with Gasteiger partial charge in [-0.25, -0.2) is 13.2 Å². The zero-order valence-corrected chi connectivity index (χ0v) is 11.7. The molecule has 8 heteroatoms. The molecular formula is C11H8ClNO4S2. The molecule has 0 bridgehead atoms. The standard InChI is InChI=1S/C11H8ClNO4S2/c12-10-5-8(1-2-9(10)11(14)15)19(16,17)13-7-3-4-18-6-7/h1-6,13H,(H,14,15). The van der Waals surface area contributed by atoms with Gasteiger partial charge in [-0.3, -0.25) is 4.72 Å². The minimum Gasteiger partial charge on any atom is -0.478 e. The van der Waals surface area contributed by atoms with Crippen molar-refractivity contribution in [2.75, 3.05) is 4.72 Å². The van der Waals surface area contributed by atoms with Crippen LogP contribution in [0.25, 0.3) is 0 Å². The Morgan fingerprint density at radius 1 is 1.32 bits per heavy atom. The molecule has 0 saturated carbocycles. The van der Waals surface area contributed by atoms with Crippen LogP contribution in [0, 0.1) is 0 Å². The molecule has 19 heavy (non-hydrogen) atoms. The summed E-state index contributed by atoms with van der Waals surface area (Å²) in [4.78, 5) is 10.7. The molecular weight excluding hydrogens is 310 g/mol. The highest BCUT2D eigenvalue weighted by Crippen LogP contribution is 2.23. The Labute approximate surface area is 118 Å². The van der Waals surface area contributed by atoms with Gasteiger partial charge in [0, 0.05) is 5.38 Å². The lowest BCUT2D eigenvalue weighted by atomic mass is 10.2. The number of hydrogen-bond donors (Lipinski definition) is 2. The predicted molar refractivity (Wildman–Crippen MR) is 73.5 cm³/mol. The number of hydrogen-bond acceptors (Lipinski definition) is 4. The summed E-state index contributed by atoms with van der Waals surface area (Å²) in [5.41, 5.74) is 0.305. The van der Waals surface area contributed by atoms with Crippen LogP contribution in [0.15, 0.2) is 39.9 Å². The summed E-state index contributed by atoms with van der Waals surface area (Å²) in [5.74, 6) is -1.21. The summed E-state index contributed by atoms with van der Waals surface area (Å²) in [6.45, 7) is 0. The third-order valence-corrected chi connectivity index (χ3v) is 4.63. The molecule has 0 unspecified atom stereocenters. The Bertz CT molecular complexity index is 710. The highest BCUT2D eigenvalue weighted by molar-refractivity contribution is 7.92. The number of thiophene rings is 1. The Morgan fingerprint density at radius 3 is 2.58 bits per heavy atom. The fraction of sp³-hybridized carbons (Fsp3) is 0. The van der Waals surface area contributed by atoms with Crippen molar-refractivity contribution in [1.82, 2.24) is 0 Å². The number of carbonyl (C=O) groups is 1. The number of anilines is 1.